The second kappa shape index (κ2) is 9.50. The normalized spacial score (nSPS) is 18.5. The van der Waals surface area contributed by atoms with Crippen LogP contribution in [0.3, 0.4) is 0 Å². The molecule has 10 heteroatoms. The van der Waals surface area contributed by atoms with Crippen molar-refractivity contribution in [1.82, 2.24) is 5.32 Å². The van der Waals surface area contributed by atoms with Gasteiger partial charge in [0.05, 0.1) is 21.8 Å². The minimum Gasteiger partial charge on any atom is -0.376 e. The van der Waals surface area contributed by atoms with Gasteiger partial charge in [-0.2, -0.15) is 0 Å². The predicted octanol–water partition coefficient (Wildman–Crippen LogP) is 4.34. The maximum Gasteiger partial charge on any atom is 0.283 e. The van der Waals surface area contributed by atoms with Crippen LogP contribution in [0.1, 0.15) is 23.2 Å². The Morgan fingerprint density at radius 2 is 1.81 bits per heavy atom. The highest BCUT2D eigenvalue weighted by atomic mass is 35.5. The number of nitrogens with zero attached hydrogens (tertiary/aromatic N) is 1. The number of imide groups is 1. The molecule has 0 saturated carbocycles. The van der Waals surface area contributed by atoms with Gasteiger partial charge >= 0.3 is 0 Å². The number of amides is 3. The Bertz CT molecular complexity index is 1110. The molecule has 1 atom stereocenters. The van der Waals surface area contributed by atoms with Crippen LogP contribution in [0.5, 0.6) is 0 Å². The lowest BCUT2D eigenvalue weighted by Gasteiger charge is -2.17. The zero-order valence-corrected chi connectivity index (χ0v) is 18.9. The molecule has 166 valence electrons. The molecule has 0 radical (unpaired) electrons. The number of anilines is 2. The van der Waals surface area contributed by atoms with Gasteiger partial charge in [-0.1, -0.05) is 40.9 Å². The minimum atomic E-state index is -0.714. The van der Waals surface area contributed by atoms with E-state index in [9.17, 15) is 14.4 Å². The first-order valence-electron chi connectivity index (χ1n) is 9.86. The molecule has 0 bridgehead atoms. The molecule has 1 saturated heterocycles. The quantitative estimate of drug-likeness (QED) is 0.584. The SMILES string of the molecule is O=C(NCC1CCCO1)c1ccc(NC2=C(Cl)C(=O)N(c3cccc(Cl)c3Cl)C2=O)cc1. The molecule has 4 rings (SSSR count). The van der Waals surface area contributed by atoms with Crippen LogP contribution in [-0.4, -0.2) is 37.0 Å². The lowest BCUT2D eigenvalue weighted by atomic mass is 10.1. The number of ether oxygens (including phenoxy) is 1. The molecule has 2 aliphatic rings. The van der Waals surface area contributed by atoms with Gasteiger partial charge in [-0.15, -0.1) is 0 Å². The van der Waals surface area contributed by atoms with Crippen LogP contribution in [0.15, 0.2) is 53.2 Å². The Morgan fingerprint density at radius 3 is 2.50 bits per heavy atom. The molecular formula is C22H18Cl3N3O4. The first-order valence-corrected chi connectivity index (χ1v) is 11.0. The monoisotopic (exact) mass is 493 g/mol. The van der Waals surface area contributed by atoms with Crippen molar-refractivity contribution in [2.75, 3.05) is 23.4 Å². The summed E-state index contributed by atoms with van der Waals surface area (Å²) in [5.74, 6) is -1.60. The van der Waals surface area contributed by atoms with Crippen LogP contribution in [0.25, 0.3) is 0 Å². The highest BCUT2D eigenvalue weighted by Gasteiger charge is 2.40. The molecule has 0 aliphatic carbocycles. The zero-order valence-electron chi connectivity index (χ0n) is 16.7. The van der Waals surface area contributed by atoms with Gasteiger partial charge in [0.15, 0.2) is 0 Å². The zero-order chi connectivity index (χ0) is 22.8. The summed E-state index contributed by atoms with van der Waals surface area (Å²) in [4.78, 5) is 38.7. The van der Waals surface area contributed by atoms with Gasteiger partial charge < -0.3 is 15.4 Å². The van der Waals surface area contributed by atoms with Gasteiger partial charge in [0, 0.05) is 24.4 Å². The van der Waals surface area contributed by atoms with E-state index in [0.29, 0.717) is 17.8 Å². The number of rotatable bonds is 6. The first-order chi connectivity index (χ1) is 15.4. The molecule has 2 N–H and O–H groups in total. The summed E-state index contributed by atoms with van der Waals surface area (Å²) in [6.45, 7) is 1.18. The van der Waals surface area contributed by atoms with E-state index in [1.807, 2.05) is 0 Å². The van der Waals surface area contributed by atoms with Crippen LogP contribution < -0.4 is 15.5 Å². The topological polar surface area (TPSA) is 87.7 Å². The summed E-state index contributed by atoms with van der Waals surface area (Å²) < 4.78 is 5.49. The van der Waals surface area contributed by atoms with E-state index in [1.54, 1.807) is 36.4 Å². The third kappa shape index (κ3) is 4.47. The Kier molecular flexibility index (Phi) is 6.71. The number of hydrogen-bond acceptors (Lipinski definition) is 5. The molecule has 0 aromatic heterocycles. The van der Waals surface area contributed by atoms with Gasteiger partial charge in [-0.05, 0) is 49.2 Å². The number of halogens is 3. The smallest absolute Gasteiger partial charge is 0.283 e. The number of carbonyl (C=O) groups is 3. The summed E-state index contributed by atoms with van der Waals surface area (Å²) in [7, 11) is 0. The van der Waals surface area contributed by atoms with Crippen molar-refractivity contribution in [1.29, 1.82) is 0 Å². The van der Waals surface area contributed by atoms with E-state index in [4.69, 9.17) is 39.5 Å². The molecule has 1 fully saturated rings. The van der Waals surface area contributed by atoms with Crippen molar-refractivity contribution in [2.24, 2.45) is 0 Å². The largest absolute Gasteiger partial charge is 0.376 e. The maximum atomic E-state index is 12.9. The first kappa shape index (κ1) is 22.6. The van der Waals surface area contributed by atoms with E-state index >= 15 is 0 Å². The highest BCUT2D eigenvalue weighted by Crippen LogP contribution is 2.37. The lowest BCUT2D eigenvalue weighted by Crippen LogP contribution is -2.32. The second-order valence-corrected chi connectivity index (χ2v) is 8.42. The third-order valence-corrected chi connectivity index (χ3v) is 6.29. The Morgan fingerprint density at radius 1 is 1.06 bits per heavy atom. The fourth-order valence-corrected chi connectivity index (χ4v) is 4.05. The van der Waals surface area contributed by atoms with E-state index < -0.39 is 11.8 Å². The van der Waals surface area contributed by atoms with Gasteiger partial charge in [-0.3, -0.25) is 14.4 Å². The average molecular weight is 495 g/mol. The van der Waals surface area contributed by atoms with Crippen molar-refractivity contribution in [3.63, 3.8) is 0 Å². The van der Waals surface area contributed by atoms with Gasteiger partial charge in [0.1, 0.15) is 10.7 Å². The van der Waals surface area contributed by atoms with E-state index in [1.165, 1.54) is 6.07 Å². The van der Waals surface area contributed by atoms with E-state index in [0.717, 1.165) is 24.3 Å². The lowest BCUT2D eigenvalue weighted by molar-refractivity contribution is -0.120. The average Bonchev–Trinajstić information content (AvgIpc) is 3.38. The van der Waals surface area contributed by atoms with Crippen molar-refractivity contribution in [3.05, 3.63) is 68.8 Å². The van der Waals surface area contributed by atoms with Crippen LogP contribution >= 0.6 is 34.8 Å². The molecular weight excluding hydrogens is 477 g/mol. The van der Waals surface area contributed by atoms with Crippen LogP contribution in [-0.2, 0) is 14.3 Å². The molecule has 2 aliphatic heterocycles. The van der Waals surface area contributed by atoms with Gasteiger partial charge in [-0.25, -0.2) is 4.90 Å². The van der Waals surface area contributed by atoms with Gasteiger partial charge in [0.25, 0.3) is 17.7 Å². The molecule has 1 unspecified atom stereocenters. The summed E-state index contributed by atoms with van der Waals surface area (Å²) in [5, 5.41) is 5.70. The Balaban J connectivity index is 1.45. The molecule has 0 spiro atoms. The fourth-order valence-electron chi connectivity index (χ4n) is 3.46. The van der Waals surface area contributed by atoms with Crippen molar-refractivity contribution >= 4 is 63.9 Å². The number of benzene rings is 2. The van der Waals surface area contributed by atoms with Gasteiger partial charge in [0.2, 0.25) is 0 Å². The molecule has 7 nitrogen and oxygen atoms in total. The highest BCUT2D eigenvalue weighted by molar-refractivity contribution is 6.54. The standard InChI is InChI=1S/C22H18Cl3N3O4/c23-15-4-1-5-16(17(15)24)28-21(30)18(25)19(22(28)31)27-13-8-6-12(7-9-13)20(29)26-11-14-3-2-10-32-14/h1,4-9,14,27H,2-3,10-11H2,(H,26,29). The van der Waals surface area contributed by atoms with Crippen molar-refractivity contribution < 1.29 is 19.1 Å². The summed E-state index contributed by atoms with van der Waals surface area (Å²) in [6, 6.07) is 11.1. The minimum absolute atomic E-state index is 0.0517. The molecule has 32 heavy (non-hydrogen) atoms. The molecule has 2 aromatic rings. The maximum absolute atomic E-state index is 12.9. The van der Waals surface area contributed by atoms with Crippen molar-refractivity contribution in [2.45, 2.75) is 18.9 Å². The molecule has 3 amide bonds. The summed E-state index contributed by atoms with van der Waals surface area (Å²) >= 11 is 18.3. The number of hydrogen-bond donors (Lipinski definition) is 2. The van der Waals surface area contributed by atoms with E-state index in [-0.39, 0.29) is 38.5 Å². The Labute approximate surface area is 199 Å². The molecule has 2 heterocycles. The third-order valence-electron chi connectivity index (χ3n) is 5.13. The van der Waals surface area contributed by atoms with Crippen LogP contribution in [0.2, 0.25) is 10.0 Å². The predicted molar refractivity (Wildman–Crippen MR) is 123 cm³/mol. The number of nitrogens with one attached hydrogen (secondary N) is 2. The Hall–Kier alpha value is -2.58. The molecule has 2 aromatic carbocycles. The number of carbonyl (C=O) groups excluding carboxylic acids is 3. The summed E-state index contributed by atoms with van der Waals surface area (Å²) in [5.41, 5.74) is 0.981. The van der Waals surface area contributed by atoms with E-state index in [2.05, 4.69) is 10.6 Å². The summed E-state index contributed by atoms with van der Waals surface area (Å²) in [6.07, 6.45) is 1.99. The van der Waals surface area contributed by atoms with Crippen LogP contribution in [0.4, 0.5) is 11.4 Å². The second-order valence-electron chi connectivity index (χ2n) is 7.26. The van der Waals surface area contributed by atoms with Crippen LogP contribution in [0, 0.1) is 0 Å². The fraction of sp³-hybridized carbons (Fsp3) is 0.227. The van der Waals surface area contributed by atoms with Crippen molar-refractivity contribution in [3.8, 4) is 0 Å².